The third kappa shape index (κ3) is 5.84. The van der Waals surface area contributed by atoms with E-state index in [4.69, 9.17) is 4.84 Å². The van der Waals surface area contributed by atoms with Crippen molar-refractivity contribution in [1.82, 2.24) is 9.96 Å². The number of hydrogen-bond donors (Lipinski definition) is 0. The molecule has 1 heterocycles. The third-order valence-corrected chi connectivity index (χ3v) is 3.71. The van der Waals surface area contributed by atoms with Crippen LogP contribution in [-0.4, -0.2) is 49.8 Å². The molecular weight excluding hydrogens is 212 g/mol. The van der Waals surface area contributed by atoms with E-state index in [1.165, 1.54) is 32.2 Å². The molecule has 17 heavy (non-hydrogen) atoms. The minimum atomic E-state index is 0.402. The Morgan fingerprint density at radius 1 is 1.35 bits per heavy atom. The van der Waals surface area contributed by atoms with E-state index in [1.54, 1.807) is 0 Å². The highest BCUT2D eigenvalue weighted by Crippen LogP contribution is 2.26. The first kappa shape index (κ1) is 14.9. The zero-order valence-electron chi connectivity index (χ0n) is 12.3. The standard InChI is InChI=1S/C14H30N2O/c1-6-8-14(2,3)9-11-16(5)17-13-7-10-15(4)12-13/h13H,6-12H2,1-5H3. The van der Waals surface area contributed by atoms with Crippen molar-refractivity contribution in [3.05, 3.63) is 0 Å². The first-order valence-electron chi connectivity index (χ1n) is 6.99. The molecule has 3 heteroatoms. The van der Waals surface area contributed by atoms with E-state index in [0.717, 1.165) is 13.1 Å². The maximum atomic E-state index is 5.95. The molecule has 0 amide bonds. The number of hydrogen-bond acceptors (Lipinski definition) is 3. The van der Waals surface area contributed by atoms with Crippen LogP contribution in [0.5, 0.6) is 0 Å². The van der Waals surface area contributed by atoms with Gasteiger partial charge in [-0.25, -0.2) is 0 Å². The SMILES string of the molecule is CCCC(C)(C)CCN(C)OC1CCN(C)C1. The van der Waals surface area contributed by atoms with E-state index < -0.39 is 0 Å². The first-order valence-corrected chi connectivity index (χ1v) is 6.99. The van der Waals surface area contributed by atoms with Gasteiger partial charge in [0.1, 0.15) is 0 Å². The number of hydroxylamine groups is 2. The average molecular weight is 242 g/mol. The lowest BCUT2D eigenvalue weighted by molar-refractivity contribution is -0.179. The van der Waals surface area contributed by atoms with Gasteiger partial charge in [0.15, 0.2) is 0 Å². The maximum absolute atomic E-state index is 5.95. The van der Waals surface area contributed by atoms with Crippen LogP contribution in [0, 0.1) is 5.41 Å². The lowest BCUT2D eigenvalue weighted by Crippen LogP contribution is -2.31. The van der Waals surface area contributed by atoms with Crippen molar-refractivity contribution < 1.29 is 4.84 Å². The van der Waals surface area contributed by atoms with E-state index in [2.05, 4.69) is 39.8 Å². The molecule has 102 valence electrons. The Labute approximate surface area is 107 Å². The van der Waals surface area contributed by atoms with Gasteiger partial charge in [-0.1, -0.05) is 27.2 Å². The van der Waals surface area contributed by atoms with Crippen LogP contribution in [0.25, 0.3) is 0 Å². The lowest BCUT2D eigenvalue weighted by atomic mass is 9.85. The Balaban J connectivity index is 2.18. The second kappa shape index (κ2) is 6.72. The average Bonchev–Trinajstić information content (AvgIpc) is 2.61. The summed E-state index contributed by atoms with van der Waals surface area (Å²) in [4.78, 5) is 8.28. The molecule has 0 radical (unpaired) electrons. The summed E-state index contributed by atoms with van der Waals surface area (Å²) in [6.07, 6.45) is 5.34. The first-order chi connectivity index (χ1) is 7.93. The van der Waals surface area contributed by atoms with Crippen LogP contribution in [0.3, 0.4) is 0 Å². The van der Waals surface area contributed by atoms with Gasteiger partial charge >= 0.3 is 0 Å². The summed E-state index contributed by atoms with van der Waals surface area (Å²) in [5.41, 5.74) is 0.443. The summed E-state index contributed by atoms with van der Waals surface area (Å²) < 4.78 is 0. The Morgan fingerprint density at radius 3 is 2.59 bits per heavy atom. The molecule has 1 atom stereocenters. The van der Waals surface area contributed by atoms with Crippen molar-refractivity contribution in [2.24, 2.45) is 5.41 Å². The Bertz CT molecular complexity index is 218. The van der Waals surface area contributed by atoms with Crippen molar-refractivity contribution in [1.29, 1.82) is 0 Å². The molecule has 0 bridgehead atoms. The van der Waals surface area contributed by atoms with Gasteiger partial charge in [-0.15, -0.1) is 0 Å². The zero-order valence-corrected chi connectivity index (χ0v) is 12.3. The monoisotopic (exact) mass is 242 g/mol. The molecule has 0 saturated carbocycles. The molecule has 0 aromatic rings. The van der Waals surface area contributed by atoms with Crippen molar-refractivity contribution >= 4 is 0 Å². The molecule has 3 nitrogen and oxygen atoms in total. The van der Waals surface area contributed by atoms with Gasteiger partial charge in [0.2, 0.25) is 0 Å². The summed E-state index contributed by atoms with van der Waals surface area (Å²) in [7, 11) is 4.23. The minimum absolute atomic E-state index is 0.402. The molecule has 0 spiro atoms. The molecule has 1 aliphatic heterocycles. The fourth-order valence-electron chi connectivity index (χ4n) is 2.55. The van der Waals surface area contributed by atoms with E-state index in [9.17, 15) is 0 Å². The van der Waals surface area contributed by atoms with Gasteiger partial charge < -0.3 is 4.90 Å². The number of likely N-dealkylation sites (N-methyl/N-ethyl adjacent to an activating group) is 1. The molecule has 0 N–H and O–H groups in total. The highest BCUT2D eigenvalue weighted by Gasteiger charge is 2.23. The fourth-order valence-corrected chi connectivity index (χ4v) is 2.55. The molecule has 1 fully saturated rings. The highest BCUT2D eigenvalue weighted by molar-refractivity contribution is 4.73. The van der Waals surface area contributed by atoms with Crippen molar-refractivity contribution in [2.45, 2.75) is 52.6 Å². The van der Waals surface area contributed by atoms with Crippen LogP contribution in [0.15, 0.2) is 0 Å². The van der Waals surface area contributed by atoms with E-state index >= 15 is 0 Å². The van der Waals surface area contributed by atoms with Gasteiger partial charge in [-0.2, -0.15) is 5.06 Å². The third-order valence-electron chi connectivity index (χ3n) is 3.71. The van der Waals surface area contributed by atoms with Crippen molar-refractivity contribution in [2.75, 3.05) is 33.7 Å². The summed E-state index contributed by atoms with van der Waals surface area (Å²) in [6.45, 7) is 10.2. The Morgan fingerprint density at radius 2 is 2.06 bits per heavy atom. The van der Waals surface area contributed by atoms with Crippen LogP contribution in [0.2, 0.25) is 0 Å². The van der Waals surface area contributed by atoms with E-state index in [0.29, 0.717) is 11.5 Å². The highest BCUT2D eigenvalue weighted by atomic mass is 16.7. The molecule has 1 rings (SSSR count). The molecule has 1 saturated heterocycles. The zero-order chi connectivity index (χ0) is 12.9. The van der Waals surface area contributed by atoms with Crippen LogP contribution in [-0.2, 0) is 4.84 Å². The van der Waals surface area contributed by atoms with Gasteiger partial charge in [-0.05, 0) is 31.7 Å². The quantitative estimate of drug-likeness (QED) is 0.639. The minimum Gasteiger partial charge on any atom is -0.304 e. The fraction of sp³-hybridized carbons (Fsp3) is 1.00. The number of rotatable bonds is 7. The molecule has 1 unspecified atom stereocenters. The summed E-state index contributed by atoms with van der Waals surface area (Å²) in [5, 5.41) is 2.04. The lowest BCUT2D eigenvalue weighted by Gasteiger charge is -2.28. The second-order valence-corrected chi connectivity index (χ2v) is 6.29. The summed E-state index contributed by atoms with van der Waals surface area (Å²) >= 11 is 0. The number of nitrogens with zero attached hydrogens (tertiary/aromatic N) is 2. The topological polar surface area (TPSA) is 15.7 Å². The Hall–Kier alpha value is -0.120. The molecule has 0 aromatic carbocycles. The largest absolute Gasteiger partial charge is 0.304 e. The van der Waals surface area contributed by atoms with Crippen molar-refractivity contribution in [3.8, 4) is 0 Å². The summed E-state index contributed by atoms with van der Waals surface area (Å²) in [6, 6.07) is 0. The second-order valence-electron chi connectivity index (χ2n) is 6.29. The van der Waals surface area contributed by atoms with Crippen molar-refractivity contribution in [3.63, 3.8) is 0 Å². The van der Waals surface area contributed by atoms with Crippen LogP contribution in [0.4, 0.5) is 0 Å². The smallest absolute Gasteiger partial charge is 0.0931 e. The maximum Gasteiger partial charge on any atom is 0.0931 e. The van der Waals surface area contributed by atoms with Gasteiger partial charge in [0.05, 0.1) is 6.10 Å². The van der Waals surface area contributed by atoms with Gasteiger partial charge in [0, 0.05) is 26.7 Å². The molecule has 1 aliphatic rings. The molecule has 0 aliphatic carbocycles. The van der Waals surface area contributed by atoms with E-state index in [-0.39, 0.29) is 0 Å². The molecule has 0 aromatic heterocycles. The molecular formula is C14H30N2O. The van der Waals surface area contributed by atoms with E-state index in [1.807, 2.05) is 5.06 Å². The Kier molecular flexibility index (Phi) is 5.90. The summed E-state index contributed by atoms with van der Waals surface area (Å²) in [5.74, 6) is 0. The number of likely N-dealkylation sites (tertiary alicyclic amines) is 1. The predicted molar refractivity (Wildman–Crippen MR) is 72.9 cm³/mol. The predicted octanol–water partition coefficient (Wildman–Crippen LogP) is 2.77. The van der Waals surface area contributed by atoms with Crippen LogP contribution >= 0.6 is 0 Å². The normalized spacial score (nSPS) is 22.6. The van der Waals surface area contributed by atoms with Gasteiger partial charge in [-0.3, -0.25) is 4.84 Å². The van der Waals surface area contributed by atoms with Crippen LogP contribution in [0.1, 0.15) is 46.5 Å². The van der Waals surface area contributed by atoms with Gasteiger partial charge in [0.25, 0.3) is 0 Å². The van der Waals surface area contributed by atoms with Crippen LogP contribution < -0.4 is 0 Å².